The molecule has 0 rings (SSSR count). The molecule has 7 heavy (non-hydrogen) atoms. The van der Waals surface area contributed by atoms with Gasteiger partial charge in [0.25, 0.3) is 0 Å². The van der Waals surface area contributed by atoms with Crippen molar-refractivity contribution < 1.29 is 13.0 Å². The Morgan fingerprint density at radius 2 is 2.14 bits per heavy atom. The molecule has 3 N–H and O–H groups in total. The Morgan fingerprint density at radius 3 is 2.29 bits per heavy atom. The first-order chi connectivity index (χ1) is 3.27. The van der Waals surface area contributed by atoms with Gasteiger partial charge in [-0.1, -0.05) is 0 Å². The SMILES string of the molecule is NCC[NH][Pd]([Br])[Br]. The Kier molecular flexibility index (Phi) is 6.93. The second kappa shape index (κ2) is 5.67. The van der Waals surface area contributed by atoms with Crippen molar-refractivity contribution in [2.75, 3.05) is 13.1 Å². The summed E-state index contributed by atoms with van der Waals surface area (Å²) in [4.78, 5) is 0. The van der Waals surface area contributed by atoms with E-state index in [-0.39, 0.29) is 0 Å². The maximum atomic E-state index is 5.19. The van der Waals surface area contributed by atoms with Crippen LogP contribution in [0.25, 0.3) is 0 Å². The van der Waals surface area contributed by atoms with E-state index in [9.17, 15) is 0 Å². The maximum absolute atomic E-state index is 5.19. The van der Waals surface area contributed by atoms with Crippen molar-refractivity contribution in [1.82, 2.24) is 3.95 Å². The third-order valence-corrected chi connectivity index (χ3v) is 3.21. The summed E-state index contributed by atoms with van der Waals surface area (Å²) in [5.41, 5.74) is 5.19. The molecule has 2 nitrogen and oxygen atoms in total. The quantitative estimate of drug-likeness (QED) is 0.749. The molecule has 0 aliphatic carbocycles. The van der Waals surface area contributed by atoms with Gasteiger partial charge >= 0.3 is 62.6 Å². The normalized spacial score (nSPS) is 11.6. The molecule has 0 atom stereocenters. The first-order valence-corrected chi connectivity index (χ1v) is 9.55. The molecular formula is C2H7Br2N2Pd. The van der Waals surface area contributed by atoms with Gasteiger partial charge in [-0.2, -0.15) is 0 Å². The first kappa shape index (κ1) is 8.54. The third kappa shape index (κ3) is 7.54. The zero-order valence-electron chi connectivity index (χ0n) is 3.56. The number of nitrogens with one attached hydrogen (secondary N) is 1. The number of hydrogen-bond acceptors (Lipinski definition) is 2. The fourth-order valence-corrected chi connectivity index (χ4v) is 2.11. The molecule has 0 unspecified atom stereocenters. The molecule has 0 bridgehead atoms. The van der Waals surface area contributed by atoms with Crippen LogP contribution in [-0.2, 0) is 13.0 Å². The molecule has 0 fully saturated rings. The van der Waals surface area contributed by atoms with Gasteiger partial charge in [0.05, 0.1) is 0 Å². The number of nitrogens with two attached hydrogens (primary N) is 1. The predicted molar refractivity (Wildman–Crippen MR) is 34.9 cm³/mol. The van der Waals surface area contributed by atoms with E-state index in [0.29, 0.717) is 6.54 Å². The summed E-state index contributed by atoms with van der Waals surface area (Å²) in [6.07, 6.45) is 0. The molecule has 0 aromatic carbocycles. The monoisotopic (exact) mass is 323 g/mol. The molecule has 5 heteroatoms. The van der Waals surface area contributed by atoms with Crippen molar-refractivity contribution in [3.63, 3.8) is 0 Å². The first-order valence-electron chi connectivity index (χ1n) is 1.66. The van der Waals surface area contributed by atoms with Crippen molar-refractivity contribution in [1.29, 1.82) is 0 Å². The molecule has 0 aliphatic heterocycles. The molecule has 0 aromatic heterocycles. The summed E-state index contributed by atoms with van der Waals surface area (Å²) in [6.45, 7) is 1.59. The van der Waals surface area contributed by atoms with E-state index < -0.39 is 13.0 Å². The fraction of sp³-hybridized carbons (Fsp3) is 1.00. The van der Waals surface area contributed by atoms with Crippen LogP contribution in [-0.4, -0.2) is 13.1 Å². The van der Waals surface area contributed by atoms with E-state index in [1.165, 1.54) is 0 Å². The van der Waals surface area contributed by atoms with Crippen LogP contribution in [0.3, 0.4) is 0 Å². The molecule has 0 saturated heterocycles. The van der Waals surface area contributed by atoms with Crippen molar-refractivity contribution >= 4 is 26.9 Å². The van der Waals surface area contributed by atoms with E-state index in [1.54, 1.807) is 0 Å². The molecule has 49 valence electrons. The summed E-state index contributed by atoms with van der Waals surface area (Å²) in [5, 5.41) is 0. The zero-order valence-corrected chi connectivity index (χ0v) is 8.29. The van der Waals surface area contributed by atoms with Crippen LogP contribution in [0.5, 0.6) is 0 Å². The van der Waals surface area contributed by atoms with E-state index >= 15 is 0 Å². The van der Waals surface area contributed by atoms with Crippen LogP contribution in [0.2, 0.25) is 0 Å². The summed E-state index contributed by atoms with van der Waals surface area (Å²) in [7, 11) is 0. The van der Waals surface area contributed by atoms with E-state index in [1.807, 2.05) is 0 Å². The molecule has 0 heterocycles. The Balaban J connectivity index is 2.68. The molecule has 0 aliphatic rings. The fourth-order valence-electron chi connectivity index (χ4n) is 0.105. The summed E-state index contributed by atoms with van der Waals surface area (Å²) >= 11 is 5.97. The van der Waals surface area contributed by atoms with Crippen molar-refractivity contribution in [3.05, 3.63) is 0 Å². The molecule has 0 aromatic rings. The third-order valence-electron chi connectivity index (χ3n) is 0.308. The van der Waals surface area contributed by atoms with Crippen molar-refractivity contribution in [3.8, 4) is 0 Å². The number of hydrogen-bond donors (Lipinski definition) is 2. The van der Waals surface area contributed by atoms with Crippen molar-refractivity contribution in [2.45, 2.75) is 0 Å². The number of rotatable bonds is 3. The van der Waals surface area contributed by atoms with Crippen LogP contribution in [0, 0.1) is 0 Å². The van der Waals surface area contributed by atoms with Crippen LogP contribution in [0.15, 0.2) is 0 Å². The minimum absolute atomic E-state index is 0.703. The second-order valence-corrected chi connectivity index (χ2v) is 12.1. The summed E-state index contributed by atoms with van der Waals surface area (Å²) in [5.74, 6) is 0. The Morgan fingerprint density at radius 1 is 1.57 bits per heavy atom. The van der Waals surface area contributed by atoms with Gasteiger partial charge in [-0.05, 0) is 0 Å². The Hall–Kier alpha value is 1.54. The van der Waals surface area contributed by atoms with Gasteiger partial charge in [-0.15, -0.1) is 0 Å². The topological polar surface area (TPSA) is 38.0 Å². The molecule has 0 saturated carbocycles. The van der Waals surface area contributed by atoms with Gasteiger partial charge in [-0.3, -0.25) is 0 Å². The van der Waals surface area contributed by atoms with Gasteiger partial charge in [0.2, 0.25) is 0 Å². The standard InChI is InChI=1S/C2H7N2.2BrH.Pd/c3-1-2-4;;;/h3H,1-2,4H2;2*1H;/q-1;;;+3/p-2. The Labute approximate surface area is 62.2 Å². The van der Waals surface area contributed by atoms with Crippen LogP contribution < -0.4 is 9.68 Å². The van der Waals surface area contributed by atoms with Gasteiger partial charge in [0.15, 0.2) is 0 Å². The number of halogens is 2. The molecule has 0 spiro atoms. The molecule has 0 amide bonds. The summed E-state index contributed by atoms with van der Waals surface area (Å²) < 4.78 is 3.12. The zero-order chi connectivity index (χ0) is 5.70. The van der Waals surface area contributed by atoms with Crippen LogP contribution in [0.4, 0.5) is 0 Å². The van der Waals surface area contributed by atoms with Gasteiger partial charge in [-0.25, -0.2) is 0 Å². The van der Waals surface area contributed by atoms with Crippen LogP contribution >= 0.6 is 26.9 Å². The second-order valence-electron chi connectivity index (χ2n) is 0.815. The summed E-state index contributed by atoms with van der Waals surface area (Å²) in [6, 6.07) is 0. The van der Waals surface area contributed by atoms with E-state index in [2.05, 4.69) is 30.8 Å². The van der Waals surface area contributed by atoms with Gasteiger partial charge < -0.3 is 0 Å². The van der Waals surface area contributed by atoms with Gasteiger partial charge in [0.1, 0.15) is 0 Å². The minimum atomic E-state index is -0.719. The van der Waals surface area contributed by atoms with E-state index in [4.69, 9.17) is 5.73 Å². The average molecular weight is 325 g/mol. The van der Waals surface area contributed by atoms with E-state index in [0.717, 1.165) is 6.54 Å². The predicted octanol–water partition coefficient (Wildman–Crippen LogP) is 0.688. The average Bonchev–Trinajstić information content (AvgIpc) is 1.61. The molecule has 0 radical (unpaired) electrons. The van der Waals surface area contributed by atoms with Crippen LogP contribution in [0.1, 0.15) is 0 Å². The Bertz CT molecular complexity index is 42.7. The molecular weight excluding hydrogens is 318 g/mol. The van der Waals surface area contributed by atoms with Gasteiger partial charge in [0, 0.05) is 0 Å². The van der Waals surface area contributed by atoms with Crippen molar-refractivity contribution in [2.24, 2.45) is 5.73 Å².